The fourth-order valence-electron chi connectivity index (χ4n) is 2.27. The second kappa shape index (κ2) is 6.11. The zero-order chi connectivity index (χ0) is 11.3. The molecule has 1 unspecified atom stereocenters. The minimum Gasteiger partial charge on any atom is -0.353 e. The zero-order valence-electron chi connectivity index (χ0n) is 9.96. The molecule has 0 aromatic carbocycles. The highest BCUT2D eigenvalue weighted by molar-refractivity contribution is 5.76. The van der Waals surface area contributed by atoms with Gasteiger partial charge in [-0.05, 0) is 32.1 Å². The van der Waals surface area contributed by atoms with Gasteiger partial charge in [0.25, 0.3) is 0 Å². The van der Waals surface area contributed by atoms with Crippen LogP contribution in [0.25, 0.3) is 0 Å². The van der Waals surface area contributed by atoms with Crippen LogP contribution in [-0.2, 0) is 4.79 Å². The number of rotatable bonds is 5. The van der Waals surface area contributed by atoms with Crippen molar-refractivity contribution in [2.45, 2.75) is 64.5 Å². The third-order valence-corrected chi connectivity index (χ3v) is 3.47. The lowest BCUT2D eigenvalue weighted by Crippen LogP contribution is -2.39. The summed E-state index contributed by atoms with van der Waals surface area (Å²) < 4.78 is 0. The van der Waals surface area contributed by atoms with Crippen LogP contribution in [0.4, 0.5) is 0 Å². The predicted octanol–water partition coefficient (Wildman–Crippen LogP) is 1.81. The first-order valence-electron chi connectivity index (χ1n) is 6.18. The Morgan fingerprint density at radius 3 is 2.60 bits per heavy atom. The summed E-state index contributed by atoms with van der Waals surface area (Å²) in [5, 5.41) is 3.07. The first-order valence-corrected chi connectivity index (χ1v) is 6.18. The molecule has 1 saturated carbocycles. The molecule has 1 aliphatic carbocycles. The van der Waals surface area contributed by atoms with Gasteiger partial charge >= 0.3 is 0 Å². The SMILES string of the molecule is CCC(N)CC(=O)N[C@@H](C)C1CCCC1. The standard InChI is InChI=1S/C12H24N2O/c1-3-11(13)8-12(15)14-9(2)10-6-4-5-7-10/h9-11H,3-8,13H2,1-2H3,(H,14,15)/t9-,11?/m0/s1. The number of nitrogens with one attached hydrogen (secondary N) is 1. The topological polar surface area (TPSA) is 55.1 Å². The minimum absolute atomic E-state index is 0.0146. The van der Waals surface area contributed by atoms with E-state index >= 15 is 0 Å². The normalized spacial score (nSPS) is 21.3. The fraction of sp³-hybridized carbons (Fsp3) is 0.917. The number of hydrogen-bond donors (Lipinski definition) is 2. The van der Waals surface area contributed by atoms with E-state index in [1.165, 1.54) is 25.7 Å². The second-order valence-corrected chi connectivity index (χ2v) is 4.77. The lowest BCUT2D eigenvalue weighted by Gasteiger charge is -2.21. The molecule has 0 heterocycles. The first kappa shape index (κ1) is 12.5. The lowest BCUT2D eigenvalue weighted by molar-refractivity contribution is -0.122. The van der Waals surface area contributed by atoms with E-state index < -0.39 is 0 Å². The van der Waals surface area contributed by atoms with Crippen LogP contribution in [0.1, 0.15) is 52.4 Å². The molecule has 0 spiro atoms. The maximum atomic E-state index is 11.6. The molecule has 0 radical (unpaired) electrons. The average molecular weight is 212 g/mol. The van der Waals surface area contributed by atoms with E-state index in [4.69, 9.17) is 5.73 Å². The van der Waals surface area contributed by atoms with Gasteiger partial charge in [0.15, 0.2) is 0 Å². The van der Waals surface area contributed by atoms with E-state index in [-0.39, 0.29) is 11.9 Å². The predicted molar refractivity (Wildman–Crippen MR) is 62.4 cm³/mol. The van der Waals surface area contributed by atoms with Crippen LogP contribution in [0.2, 0.25) is 0 Å². The van der Waals surface area contributed by atoms with Crippen LogP contribution in [0.5, 0.6) is 0 Å². The van der Waals surface area contributed by atoms with Crippen molar-refractivity contribution in [3.8, 4) is 0 Å². The van der Waals surface area contributed by atoms with Gasteiger partial charge in [-0.2, -0.15) is 0 Å². The minimum atomic E-state index is 0.0146. The van der Waals surface area contributed by atoms with E-state index in [9.17, 15) is 4.79 Å². The summed E-state index contributed by atoms with van der Waals surface area (Å²) in [6, 6.07) is 0.338. The number of carbonyl (C=O) groups excluding carboxylic acids is 1. The van der Waals surface area contributed by atoms with Gasteiger partial charge in [0, 0.05) is 18.5 Å². The van der Waals surface area contributed by atoms with E-state index in [0.717, 1.165) is 6.42 Å². The molecule has 0 saturated heterocycles. The summed E-state index contributed by atoms with van der Waals surface area (Å²) in [4.78, 5) is 11.6. The number of amides is 1. The molecule has 3 N–H and O–H groups in total. The maximum absolute atomic E-state index is 11.6. The Morgan fingerprint density at radius 1 is 1.47 bits per heavy atom. The van der Waals surface area contributed by atoms with E-state index in [0.29, 0.717) is 18.4 Å². The Labute approximate surface area is 92.8 Å². The van der Waals surface area contributed by atoms with Crippen molar-refractivity contribution in [1.82, 2.24) is 5.32 Å². The smallest absolute Gasteiger partial charge is 0.221 e. The van der Waals surface area contributed by atoms with Crippen molar-refractivity contribution in [3.63, 3.8) is 0 Å². The molecule has 1 rings (SSSR count). The number of nitrogens with two attached hydrogens (primary N) is 1. The van der Waals surface area contributed by atoms with Crippen molar-refractivity contribution in [1.29, 1.82) is 0 Å². The third-order valence-electron chi connectivity index (χ3n) is 3.47. The number of carbonyl (C=O) groups is 1. The zero-order valence-corrected chi connectivity index (χ0v) is 9.96. The van der Waals surface area contributed by atoms with Crippen molar-refractivity contribution < 1.29 is 4.79 Å². The quantitative estimate of drug-likeness (QED) is 0.730. The van der Waals surface area contributed by atoms with Crippen molar-refractivity contribution in [2.75, 3.05) is 0 Å². The molecule has 15 heavy (non-hydrogen) atoms. The second-order valence-electron chi connectivity index (χ2n) is 4.77. The van der Waals surface area contributed by atoms with Gasteiger partial charge in [-0.3, -0.25) is 4.79 Å². The van der Waals surface area contributed by atoms with Gasteiger partial charge in [0.2, 0.25) is 5.91 Å². The van der Waals surface area contributed by atoms with Gasteiger partial charge in [-0.25, -0.2) is 0 Å². The summed E-state index contributed by atoms with van der Waals surface area (Å²) in [5.74, 6) is 0.801. The Hall–Kier alpha value is -0.570. The monoisotopic (exact) mass is 212 g/mol. The molecule has 0 aromatic heterocycles. The van der Waals surface area contributed by atoms with Crippen LogP contribution in [0.15, 0.2) is 0 Å². The van der Waals surface area contributed by atoms with E-state index in [1.807, 2.05) is 6.92 Å². The third kappa shape index (κ3) is 4.20. The number of hydrogen-bond acceptors (Lipinski definition) is 2. The molecular formula is C12H24N2O. The largest absolute Gasteiger partial charge is 0.353 e. The molecule has 1 amide bonds. The molecule has 0 bridgehead atoms. The molecule has 1 fully saturated rings. The first-order chi connectivity index (χ1) is 7.13. The molecule has 2 atom stereocenters. The molecule has 1 aliphatic rings. The van der Waals surface area contributed by atoms with Crippen LogP contribution < -0.4 is 11.1 Å². The van der Waals surface area contributed by atoms with Crippen molar-refractivity contribution in [2.24, 2.45) is 11.7 Å². The summed E-state index contributed by atoms with van der Waals surface area (Å²) in [7, 11) is 0. The van der Waals surface area contributed by atoms with Crippen molar-refractivity contribution >= 4 is 5.91 Å². The summed E-state index contributed by atoms with van der Waals surface area (Å²) in [6.45, 7) is 4.13. The summed E-state index contributed by atoms with van der Waals surface area (Å²) in [6.07, 6.45) is 6.50. The van der Waals surface area contributed by atoms with Gasteiger partial charge in [0.1, 0.15) is 0 Å². The summed E-state index contributed by atoms with van der Waals surface area (Å²) >= 11 is 0. The molecule has 0 aromatic rings. The maximum Gasteiger partial charge on any atom is 0.221 e. The molecule has 88 valence electrons. The Bertz CT molecular complexity index is 200. The highest BCUT2D eigenvalue weighted by atomic mass is 16.1. The van der Waals surface area contributed by atoms with E-state index in [2.05, 4.69) is 12.2 Å². The highest BCUT2D eigenvalue weighted by Gasteiger charge is 2.22. The lowest BCUT2D eigenvalue weighted by atomic mass is 9.99. The van der Waals surface area contributed by atoms with E-state index in [1.54, 1.807) is 0 Å². The Kier molecular flexibility index (Phi) is 5.09. The molecular weight excluding hydrogens is 188 g/mol. The Balaban J connectivity index is 2.24. The molecule has 3 heteroatoms. The van der Waals surface area contributed by atoms with Crippen LogP contribution in [0, 0.1) is 5.92 Å². The Morgan fingerprint density at radius 2 is 2.07 bits per heavy atom. The van der Waals surface area contributed by atoms with Gasteiger partial charge in [-0.15, -0.1) is 0 Å². The molecule has 3 nitrogen and oxygen atoms in total. The summed E-state index contributed by atoms with van der Waals surface area (Å²) in [5.41, 5.74) is 5.74. The van der Waals surface area contributed by atoms with Gasteiger partial charge < -0.3 is 11.1 Å². The van der Waals surface area contributed by atoms with Crippen LogP contribution in [0.3, 0.4) is 0 Å². The van der Waals surface area contributed by atoms with Gasteiger partial charge in [-0.1, -0.05) is 19.8 Å². The molecule has 0 aliphatic heterocycles. The average Bonchev–Trinajstić information content (AvgIpc) is 2.70. The van der Waals surface area contributed by atoms with Crippen LogP contribution >= 0.6 is 0 Å². The van der Waals surface area contributed by atoms with Crippen LogP contribution in [-0.4, -0.2) is 18.0 Å². The van der Waals surface area contributed by atoms with Gasteiger partial charge in [0.05, 0.1) is 0 Å². The highest BCUT2D eigenvalue weighted by Crippen LogP contribution is 2.27. The van der Waals surface area contributed by atoms with Crippen molar-refractivity contribution in [3.05, 3.63) is 0 Å². The fourth-order valence-corrected chi connectivity index (χ4v) is 2.27.